The molecule has 4 nitrogen and oxygen atoms in total. The van der Waals surface area contributed by atoms with Crippen LogP contribution in [0.2, 0.25) is 0 Å². The van der Waals surface area contributed by atoms with Crippen LogP contribution in [0, 0.1) is 0 Å². The van der Waals surface area contributed by atoms with Gasteiger partial charge in [0.2, 0.25) is 0 Å². The average Bonchev–Trinajstić information content (AvgIpc) is 2.73. The molecule has 2 aromatic carbocycles. The molecule has 148 valence electrons. The van der Waals surface area contributed by atoms with Gasteiger partial charge in [-0.1, -0.05) is 50.3 Å². The van der Waals surface area contributed by atoms with Crippen molar-refractivity contribution in [2.24, 2.45) is 0 Å². The lowest BCUT2D eigenvalue weighted by atomic mass is 10.00. The van der Waals surface area contributed by atoms with Crippen molar-refractivity contribution in [1.82, 2.24) is 4.90 Å². The summed E-state index contributed by atoms with van der Waals surface area (Å²) in [6.07, 6.45) is 3.52. The molecule has 1 fully saturated rings. The van der Waals surface area contributed by atoms with Crippen LogP contribution in [0.25, 0.3) is 6.08 Å². The summed E-state index contributed by atoms with van der Waals surface area (Å²) in [4.78, 5) is 14.8. The molecule has 0 unspecified atom stereocenters. The predicted octanol–water partition coefficient (Wildman–Crippen LogP) is 4.55. The summed E-state index contributed by atoms with van der Waals surface area (Å²) in [7, 11) is 1.69. The van der Waals surface area contributed by atoms with Crippen molar-refractivity contribution in [1.29, 1.82) is 0 Å². The van der Waals surface area contributed by atoms with Gasteiger partial charge in [-0.2, -0.15) is 0 Å². The Morgan fingerprint density at radius 2 is 1.86 bits per heavy atom. The van der Waals surface area contributed by atoms with Gasteiger partial charge >= 0.3 is 0 Å². The first-order chi connectivity index (χ1) is 13.6. The fourth-order valence-corrected chi connectivity index (χ4v) is 3.33. The third-order valence-electron chi connectivity index (χ3n) is 5.09. The van der Waals surface area contributed by atoms with E-state index in [0.29, 0.717) is 11.5 Å². The van der Waals surface area contributed by atoms with Gasteiger partial charge in [0.05, 0.1) is 20.3 Å². The third kappa shape index (κ3) is 5.31. The van der Waals surface area contributed by atoms with Gasteiger partial charge in [0.15, 0.2) is 5.78 Å². The van der Waals surface area contributed by atoms with E-state index in [1.54, 1.807) is 13.2 Å². The van der Waals surface area contributed by atoms with Gasteiger partial charge in [-0.05, 0) is 35.3 Å². The molecule has 4 heteroatoms. The van der Waals surface area contributed by atoms with Crippen LogP contribution < -0.4 is 4.74 Å². The molecule has 3 rings (SSSR count). The zero-order valence-corrected chi connectivity index (χ0v) is 17.0. The van der Waals surface area contributed by atoms with Crippen molar-refractivity contribution in [2.75, 3.05) is 33.4 Å². The highest BCUT2D eigenvalue weighted by molar-refractivity contribution is 6.06. The lowest BCUT2D eigenvalue weighted by Gasteiger charge is -2.27. The summed E-state index contributed by atoms with van der Waals surface area (Å²) in [6, 6.07) is 13.9. The Morgan fingerprint density at radius 1 is 1.14 bits per heavy atom. The molecule has 0 radical (unpaired) electrons. The topological polar surface area (TPSA) is 38.8 Å². The summed E-state index contributed by atoms with van der Waals surface area (Å²) in [5.74, 6) is 1.35. The number of nitrogens with zero attached hydrogens (tertiary/aromatic N) is 1. The Labute approximate surface area is 167 Å². The maximum Gasteiger partial charge on any atom is 0.185 e. The number of ketones is 1. The number of hydrogen-bond acceptors (Lipinski definition) is 4. The zero-order chi connectivity index (χ0) is 19.9. The van der Waals surface area contributed by atoms with Gasteiger partial charge in [0.25, 0.3) is 0 Å². The van der Waals surface area contributed by atoms with E-state index in [0.717, 1.165) is 49.7 Å². The number of allylic oxidation sites excluding steroid dienone is 1. The van der Waals surface area contributed by atoms with Crippen LogP contribution in [0.4, 0.5) is 0 Å². The average molecular weight is 380 g/mol. The molecular weight excluding hydrogens is 350 g/mol. The second kappa shape index (κ2) is 9.67. The first-order valence-corrected chi connectivity index (χ1v) is 9.86. The molecule has 0 saturated carbocycles. The summed E-state index contributed by atoms with van der Waals surface area (Å²) in [5.41, 5.74) is 4.07. The molecule has 0 atom stereocenters. The third-order valence-corrected chi connectivity index (χ3v) is 5.09. The van der Waals surface area contributed by atoms with Crippen molar-refractivity contribution in [3.63, 3.8) is 0 Å². The molecule has 0 amide bonds. The summed E-state index contributed by atoms with van der Waals surface area (Å²) < 4.78 is 10.9. The van der Waals surface area contributed by atoms with E-state index in [4.69, 9.17) is 9.47 Å². The Balaban J connectivity index is 1.71. The van der Waals surface area contributed by atoms with E-state index >= 15 is 0 Å². The number of benzene rings is 2. The summed E-state index contributed by atoms with van der Waals surface area (Å²) >= 11 is 0. The highest BCUT2D eigenvalue weighted by atomic mass is 16.5. The fraction of sp³-hybridized carbons (Fsp3) is 0.375. The SMILES string of the molecule is COc1ccc(/C=C/C(=O)c2ccc(C(C)C)cc2)cc1CN1CCOCC1. The van der Waals surface area contributed by atoms with Crippen molar-refractivity contribution in [3.8, 4) is 5.75 Å². The molecule has 28 heavy (non-hydrogen) atoms. The van der Waals surface area contributed by atoms with E-state index in [1.165, 1.54) is 5.56 Å². The largest absolute Gasteiger partial charge is 0.496 e. The first kappa shape index (κ1) is 20.3. The Kier molecular flexibility index (Phi) is 7.01. The number of rotatable bonds is 7. The second-order valence-corrected chi connectivity index (χ2v) is 7.43. The zero-order valence-electron chi connectivity index (χ0n) is 17.0. The fourth-order valence-electron chi connectivity index (χ4n) is 3.33. The molecular formula is C24H29NO3. The van der Waals surface area contributed by atoms with Crippen LogP contribution in [0.15, 0.2) is 48.5 Å². The lowest BCUT2D eigenvalue weighted by Crippen LogP contribution is -2.35. The monoisotopic (exact) mass is 379 g/mol. The molecule has 0 aromatic heterocycles. The highest BCUT2D eigenvalue weighted by Gasteiger charge is 2.13. The van der Waals surface area contributed by atoms with E-state index in [2.05, 4.69) is 24.8 Å². The van der Waals surface area contributed by atoms with Crippen molar-refractivity contribution in [3.05, 3.63) is 70.8 Å². The van der Waals surface area contributed by atoms with Crippen LogP contribution >= 0.6 is 0 Å². The van der Waals surface area contributed by atoms with Crippen molar-refractivity contribution >= 4 is 11.9 Å². The number of methoxy groups -OCH3 is 1. The molecule has 1 heterocycles. The normalized spacial score (nSPS) is 15.3. The van der Waals surface area contributed by atoms with Gasteiger partial charge in [0.1, 0.15) is 5.75 Å². The number of morpholine rings is 1. The van der Waals surface area contributed by atoms with Gasteiger partial charge < -0.3 is 9.47 Å². The molecule has 0 spiro atoms. The Morgan fingerprint density at radius 3 is 2.50 bits per heavy atom. The predicted molar refractivity (Wildman–Crippen MR) is 113 cm³/mol. The standard InChI is InChI=1S/C24H29NO3/c1-18(2)20-6-8-21(9-7-20)23(26)10-4-19-5-11-24(27-3)22(16-19)17-25-12-14-28-15-13-25/h4-11,16,18H,12-15,17H2,1-3H3/b10-4+. The molecule has 2 aromatic rings. The lowest BCUT2D eigenvalue weighted by molar-refractivity contribution is 0.0339. The smallest absolute Gasteiger partial charge is 0.185 e. The maximum atomic E-state index is 12.5. The number of carbonyl (C=O) groups excluding carboxylic acids is 1. The van der Waals surface area contributed by atoms with E-state index in [-0.39, 0.29) is 5.78 Å². The van der Waals surface area contributed by atoms with Gasteiger partial charge in [-0.25, -0.2) is 0 Å². The maximum absolute atomic E-state index is 12.5. The first-order valence-electron chi connectivity index (χ1n) is 9.86. The minimum absolute atomic E-state index is 0.0147. The molecule has 1 aliphatic rings. The van der Waals surface area contributed by atoms with Gasteiger partial charge in [-0.3, -0.25) is 9.69 Å². The van der Waals surface area contributed by atoms with Crippen LogP contribution in [0.1, 0.15) is 46.8 Å². The minimum Gasteiger partial charge on any atom is -0.496 e. The van der Waals surface area contributed by atoms with Crippen LogP contribution in [-0.4, -0.2) is 44.1 Å². The number of carbonyl (C=O) groups is 1. The van der Waals surface area contributed by atoms with Crippen LogP contribution in [0.5, 0.6) is 5.75 Å². The van der Waals surface area contributed by atoms with E-state index in [9.17, 15) is 4.79 Å². The van der Waals surface area contributed by atoms with E-state index < -0.39 is 0 Å². The summed E-state index contributed by atoms with van der Waals surface area (Å²) in [5, 5.41) is 0. The molecule has 0 N–H and O–H groups in total. The van der Waals surface area contributed by atoms with Gasteiger partial charge in [-0.15, -0.1) is 0 Å². The quantitative estimate of drug-likeness (QED) is 0.523. The van der Waals surface area contributed by atoms with Crippen LogP contribution in [-0.2, 0) is 11.3 Å². The van der Waals surface area contributed by atoms with Gasteiger partial charge in [0, 0.05) is 30.8 Å². The number of ether oxygens (including phenoxy) is 2. The highest BCUT2D eigenvalue weighted by Crippen LogP contribution is 2.23. The summed E-state index contributed by atoms with van der Waals surface area (Å²) in [6.45, 7) is 8.50. The molecule has 0 bridgehead atoms. The molecule has 1 aliphatic heterocycles. The number of hydrogen-bond donors (Lipinski definition) is 0. The second-order valence-electron chi connectivity index (χ2n) is 7.43. The van der Waals surface area contributed by atoms with Crippen molar-refractivity contribution < 1.29 is 14.3 Å². The molecule has 1 saturated heterocycles. The Bertz CT molecular complexity index is 818. The molecule has 0 aliphatic carbocycles. The minimum atomic E-state index is 0.0147. The van der Waals surface area contributed by atoms with Crippen molar-refractivity contribution in [2.45, 2.75) is 26.3 Å². The van der Waals surface area contributed by atoms with Crippen LogP contribution in [0.3, 0.4) is 0 Å². The van der Waals surface area contributed by atoms with E-state index in [1.807, 2.05) is 42.5 Å². The Hall–Kier alpha value is -2.43.